The number of para-hydroxylation sites is 4. The SMILES string of the molecule is c1ccc2nc(NOc3cnc4ccccc4n3)cnc2c1. The predicted octanol–water partition coefficient (Wildman–Crippen LogP) is 2.98. The number of anilines is 1. The van der Waals surface area contributed by atoms with Crippen LogP contribution in [0.3, 0.4) is 0 Å². The Kier molecular flexibility index (Phi) is 2.97. The Morgan fingerprint density at radius 1 is 0.682 bits per heavy atom. The normalized spacial score (nSPS) is 10.7. The molecule has 2 aromatic carbocycles. The van der Waals surface area contributed by atoms with Gasteiger partial charge in [0, 0.05) is 0 Å². The van der Waals surface area contributed by atoms with E-state index in [-0.39, 0.29) is 0 Å². The first-order chi connectivity index (χ1) is 10.9. The summed E-state index contributed by atoms with van der Waals surface area (Å²) in [7, 11) is 0. The van der Waals surface area contributed by atoms with Crippen LogP contribution >= 0.6 is 0 Å². The zero-order valence-corrected chi connectivity index (χ0v) is 11.5. The Hall–Kier alpha value is -3.28. The molecule has 0 aliphatic rings. The summed E-state index contributed by atoms with van der Waals surface area (Å²) in [5.74, 6) is 0.877. The molecule has 0 unspecified atom stereocenters. The van der Waals surface area contributed by atoms with Crippen LogP contribution in [0.15, 0.2) is 60.9 Å². The molecule has 0 saturated heterocycles. The van der Waals surface area contributed by atoms with Crippen LogP contribution in [-0.2, 0) is 0 Å². The highest BCUT2D eigenvalue weighted by Gasteiger charge is 2.02. The van der Waals surface area contributed by atoms with Crippen molar-refractivity contribution in [3.8, 4) is 5.88 Å². The highest BCUT2D eigenvalue weighted by Crippen LogP contribution is 2.15. The molecule has 1 N–H and O–H groups in total. The second-order valence-electron chi connectivity index (χ2n) is 4.65. The second-order valence-corrected chi connectivity index (χ2v) is 4.65. The zero-order valence-electron chi connectivity index (χ0n) is 11.5. The fourth-order valence-electron chi connectivity index (χ4n) is 2.10. The summed E-state index contributed by atoms with van der Waals surface area (Å²) in [4.78, 5) is 22.8. The molecule has 0 bridgehead atoms. The Morgan fingerprint density at radius 3 is 2.00 bits per heavy atom. The number of fused-ring (bicyclic) bond motifs is 2. The van der Waals surface area contributed by atoms with Crippen LogP contribution in [0, 0.1) is 0 Å². The van der Waals surface area contributed by atoms with Gasteiger partial charge in [-0.05, 0) is 24.3 Å². The summed E-state index contributed by atoms with van der Waals surface area (Å²) < 4.78 is 0. The van der Waals surface area contributed by atoms with E-state index in [1.54, 1.807) is 12.4 Å². The summed E-state index contributed by atoms with van der Waals surface area (Å²) in [5.41, 5.74) is 5.96. The monoisotopic (exact) mass is 289 g/mol. The van der Waals surface area contributed by atoms with Gasteiger partial charge in [0.2, 0.25) is 0 Å². The molecular formula is C16H11N5O. The minimum atomic E-state index is 0.369. The zero-order chi connectivity index (χ0) is 14.8. The van der Waals surface area contributed by atoms with E-state index in [1.165, 1.54) is 0 Å². The van der Waals surface area contributed by atoms with Gasteiger partial charge >= 0.3 is 0 Å². The van der Waals surface area contributed by atoms with E-state index >= 15 is 0 Å². The van der Waals surface area contributed by atoms with E-state index in [9.17, 15) is 0 Å². The Labute approximate surface area is 125 Å². The number of hydrogen-bond donors (Lipinski definition) is 1. The van der Waals surface area contributed by atoms with Crippen LogP contribution in [0.5, 0.6) is 5.88 Å². The standard InChI is InChI=1S/C16H11N5O/c1-3-7-13-11(5-1)17-9-15(19-13)21-22-16-10-18-12-6-2-4-8-14(12)20-16/h1-10H,(H,19,21). The van der Waals surface area contributed by atoms with Crippen molar-refractivity contribution in [2.24, 2.45) is 0 Å². The first-order valence-electron chi connectivity index (χ1n) is 6.75. The summed E-state index contributed by atoms with van der Waals surface area (Å²) in [6.45, 7) is 0. The third-order valence-electron chi connectivity index (χ3n) is 3.14. The topological polar surface area (TPSA) is 72.8 Å². The molecule has 106 valence electrons. The summed E-state index contributed by atoms with van der Waals surface area (Å²) in [5, 5.41) is 0. The van der Waals surface area contributed by atoms with Crippen LogP contribution in [0.1, 0.15) is 0 Å². The molecule has 4 rings (SSSR count). The van der Waals surface area contributed by atoms with Gasteiger partial charge in [-0.1, -0.05) is 24.3 Å². The van der Waals surface area contributed by atoms with Crippen molar-refractivity contribution in [3.63, 3.8) is 0 Å². The van der Waals surface area contributed by atoms with Crippen LogP contribution in [0.2, 0.25) is 0 Å². The number of hydrogen-bond acceptors (Lipinski definition) is 6. The summed E-state index contributed by atoms with van der Waals surface area (Å²) in [6.07, 6.45) is 3.17. The molecule has 2 aromatic heterocycles. The van der Waals surface area contributed by atoms with Gasteiger partial charge in [0.05, 0.1) is 34.5 Å². The highest BCUT2D eigenvalue weighted by molar-refractivity contribution is 5.75. The first-order valence-corrected chi connectivity index (χ1v) is 6.75. The van der Waals surface area contributed by atoms with Gasteiger partial charge in [-0.2, -0.15) is 0 Å². The van der Waals surface area contributed by atoms with E-state index in [1.807, 2.05) is 48.5 Å². The third kappa shape index (κ3) is 2.37. The Bertz CT molecular complexity index is 878. The maximum Gasteiger partial charge on any atom is 0.264 e. The number of benzene rings is 2. The summed E-state index contributed by atoms with van der Waals surface area (Å²) >= 11 is 0. The number of nitrogens with zero attached hydrogens (tertiary/aromatic N) is 4. The van der Waals surface area contributed by atoms with Crippen molar-refractivity contribution in [2.45, 2.75) is 0 Å². The molecule has 0 aliphatic heterocycles. The quantitative estimate of drug-likeness (QED) is 0.584. The van der Waals surface area contributed by atoms with Crippen molar-refractivity contribution in [1.82, 2.24) is 19.9 Å². The minimum Gasteiger partial charge on any atom is -0.358 e. The molecule has 6 nitrogen and oxygen atoms in total. The molecule has 0 amide bonds. The smallest absolute Gasteiger partial charge is 0.264 e. The molecule has 0 atom stereocenters. The van der Waals surface area contributed by atoms with E-state index < -0.39 is 0 Å². The molecule has 0 spiro atoms. The Morgan fingerprint density at radius 2 is 1.27 bits per heavy atom. The van der Waals surface area contributed by atoms with Gasteiger partial charge in [-0.3, -0.25) is 4.98 Å². The maximum atomic E-state index is 5.42. The highest BCUT2D eigenvalue weighted by atomic mass is 16.7. The lowest BCUT2D eigenvalue weighted by Gasteiger charge is -2.07. The average molecular weight is 289 g/mol. The fraction of sp³-hybridized carbons (Fsp3) is 0. The van der Waals surface area contributed by atoms with Crippen LogP contribution in [0.4, 0.5) is 5.82 Å². The summed E-state index contributed by atoms with van der Waals surface area (Å²) in [6, 6.07) is 15.2. The number of aromatic nitrogens is 4. The molecule has 22 heavy (non-hydrogen) atoms. The number of nitrogens with one attached hydrogen (secondary N) is 1. The Balaban J connectivity index is 1.57. The van der Waals surface area contributed by atoms with E-state index in [4.69, 9.17) is 4.84 Å². The molecule has 2 heterocycles. The van der Waals surface area contributed by atoms with Crippen molar-refractivity contribution >= 4 is 27.9 Å². The maximum absolute atomic E-state index is 5.42. The van der Waals surface area contributed by atoms with E-state index in [0.29, 0.717) is 11.7 Å². The molecule has 6 heteroatoms. The van der Waals surface area contributed by atoms with Gasteiger partial charge in [-0.15, -0.1) is 0 Å². The van der Waals surface area contributed by atoms with E-state index in [2.05, 4.69) is 25.4 Å². The molecule has 0 aliphatic carbocycles. The fourth-order valence-corrected chi connectivity index (χ4v) is 2.10. The molecular weight excluding hydrogens is 278 g/mol. The van der Waals surface area contributed by atoms with Crippen molar-refractivity contribution in [1.29, 1.82) is 0 Å². The van der Waals surface area contributed by atoms with Gasteiger partial charge in [0.1, 0.15) is 0 Å². The lowest BCUT2D eigenvalue weighted by Crippen LogP contribution is -2.08. The average Bonchev–Trinajstić information content (AvgIpc) is 2.59. The van der Waals surface area contributed by atoms with Crippen LogP contribution in [-0.4, -0.2) is 19.9 Å². The second kappa shape index (κ2) is 5.25. The molecule has 0 saturated carbocycles. The lowest BCUT2D eigenvalue weighted by atomic mass is 10.3. The molecule has 0 fully saturated rings. The van der Waals surface area contributed by atoms with Crippen molar-refractivity contribution in [2.75, 3.05) is 5.48 Å². The largest absolute Gasteiger partial charge is 0.358 e. The lowest BCUT2D eigenvalue weighted by molar-refractivity contribution is 0.386. The van der Waals surface area contributed by atoms with Gasteiger partial charge < -0.3 is 4.84 Å². The van der Waals surface area contributed by atoms with E-state index in [0.717, 1.165) is 22.1 Å². The van der Waals surface area contributed by atoms with Gasteiger partial charge in [0.15, 0.2) is 5.82 Å². The third-order valence-corrected chi connectivity index (χ3v) is 3.14. The molecule has 0 radical (unpaired) electrons. The van der Waals surface area contributed by atoms with Crippen LogP contribution < -0.4 is 10.3 Å². The van der Waals surface area contributed by atoms with Gasteiger partial charge in [-0.25, -0.2) is 20.4 Å². The minimum absolute atomic E-state index is 0.369. The van der Waals surface area contributed by atoms with Crippen LogP contribution in [0.25, 0.3) is 22.1 Å². The molecule has 4 aromatic rings. The first kappa shape index (κ1) is 12.5. The number of rotatable bonds is 3. The predicted molar refractivity (Wildman–Crippen MR) is 83.3 cm³/mol. The van der Waals surface area contributed by atoms with Crippen molar-refractivity contribution in [3.05, 3.63) is 60.9 Å². The van der Waals surface area contributed by atoms with Crippen molar-refractivity contribution < 1.29 is 4.84 Å². The van der Waals surface area contributed by atoms with Gasteiger partial charge in [0.25, 0.3) is 5.88 Å².